The van der Waals surface area contributed by atoms with Gasteiger partial charge in [-0.25, -0.2) is 18.2 Å². The van der Waals surface area contributed by atoms with Crippen LogP contribution in [0.25, 0.3) is 0 Å². The number of thiazole rings is 1. The molecule has 1 aliphatic rings. The number of nitrogens with one attached hydrogen (secondary N) is 1. The standard InChI is InChI=1S/C13H21N3O4S3/c1-21-8-12-15-10(7-22-12)6-14-13(18)16(3-4-17)11-2-5-23(19,20)9-11/h7,11,17H,2-6,8-9H2,1H3,(H,14,18)/t11-/m0/s1. The summed E-state index contributed by atoms with van der Waals surface area (Å²) in [5.41, 5.74) is 0.787. The van der Waals surface area contributed by atoms with Crippen LogP contribution in [0.1, 0.15) is 17.1 Å². The largest absolute Gasteiger partial charge is 0.395 e. The quantitative estimate of drug-likeness (QED) is 0.723. The molecule has 0 bridgehead atoms. The number of carbonyl (C=O) groups excluding carboxylic acids is 1. The van der Waals surface area contributed by atoms with Crippen LogP contribution < -0.4 is 5.32 Å². The van der Waals surface area contributed by atoms with Crippen LogP contribution in [0.2, 0.25) is 0 Å². The molecule has 1 saturated heterocycles. The van der Waals surface area contributed by atoms with E-state index < -0.39 is 9.84 Å². The van der Waals surface area contributed by atoms with Crippen LogP contribution in [-0.2, 0) is 22.1 Å². The summed E-state index contributed by atoms with van der Waals surface area (Å²) >= 11 is 3.24. The van der Waals surface area contributed by atoms with Crippen LogP contribution in [0.15, 0.2) is 5.38 Å². The van der Waals surface area contributed by atoms with Crippen LogP contribution in [0, 0.1) is 0 Å². The number of aliphatic hydroxyl groups is 1. The molecule has 0 unspecified atom stereocenters. The monoisotopic (exact) mass is 379 g/mol. The van der Waals surface area contributed by atoms with E-state index in [1.807, 2.05) is 11.6 Å². The van der Waals surface area contributed by atoms with Crippen LogP contribution >= 0.6 is 23.1 Å². The summed E-state index contributed by atoms with van der Waals surface area (Å²) in [6, 6.07) is -0.727. The first-order valence-corrected chi connectivity index (χ1v) is 11.3. The zero-order valence-corrected chi connectivity index (χ0v) is 15.3. The lowest BCUT2D eigenvalue weighted by Crippen LogP contribution is -2.47. The highest BCUT2D eigenvalue weighted by Crippen LogP contribution is 2.18. The molecule has 0 aromatic carbocycles. The molecule has 130 valence electrons. The number of aliphatic hydroxyl groups excluding tert-OH is 1. The SMILES string of the molecule is CSCc1nc(CNC(=O)N(CCO)[C@H]2CCS(=O)(=O)C2)cs1. The van der Waals surface area contributed by atoms with Gasteiger partial charge in [0.25, 0.3) is 0 Å². The highest BCUT2D eigenvalue weighted by molar-refractivity contribution is 7.97. The Morgan fingerprint density at radius 3 is 3.00 bits per heavy atom. The molecule has 7 nitrogen and oxygen atoms in total. The van der Waals surface area contributed by atoms with Gasteiger partial charge in [-0.2, -0.15) is 11.8 Å². The smallest absolute Gasteiger partial charge is 0.318 e. The Morgan fingerprint density at radius 1 is 1.61 bits per heavy atom. The normalized spacial score (nSPS) is 19.7. The number of amides is 2. The number of urea groups is 1. The Labute approximate surface area is 144 Å². The maximum Gasteiger partial charge on any atom is 0.318 e. The molecule has 0 radical (unpaired) electrons. The molecule has 1 aromatic heterocycles. The van der Waals surface area contributed by atoms with Crippen molar-refractivity contribution in [3.8, 4) is 0 Å². The fourth-order valence-electron chi connectivity index (χ4n) is 2.47. The van der Waals surface area contributed by atoms with Gasteiger partial charge in [-0.3, -0.25) is 0 Å². The van der Waals surface area contributed by atoms with Gasteiger partial charge in [-0.15, -0.1) is 11.3 Å². The molecular weight excluding hydrogens is 358 g/mol. The van der Waals surface area contributed by atoms with Gasteiger partial charge in [-0.05, 0) is 12.7 Å². The molecule has 1 aliphatic heterocycles. The van der Waals surface area contributed by atoms with Crippen molar-refractivity contribution in [3.05, 3.63) is 16.1 Å². The van der Waals surface area contributed by atoms with Gasteiger partial charge in [0, 0.05) is 23.7 Å². The topological polar surface area (TPSA) is 99.6 Å². The van der Waals surface area contributed by atoms with Crippen molar-refractivity contribution in [1.29, 1.82) is 0 Å². The first-order valence-electron chi connectivity index (χ1n) is 7.23. The maximum absolute atomic E-state index is 12.3. The number of thioether (sulfide) groups is 1. The molecule has 23 heavy (non-hydrogen) atoms. The summed E-state index contributed by atoms with van der Waals surface area (Å²) in [7, 11) is -3.08. The lowest BCUT2D eigenvalue weighted by Gasteiger charge is -2.27. The molecule has 2 rings (SSSR count). The van der Waals surface area contributed by atoms with Crippen LogP contribution in [0.3, 0.4) is 0 Å². The Kier molecular flexibility index (Phi) is 6.69. The summed E-state index contributed by atoms with van der Waals surface area (Å²) in [5, 5.41) is 14.8. The van der Waals surface area contributed by atoms with E-state index >= 15 is 0 Å². The zero-order chi connectivity index (χ0) is 16.9. The molecule has 0 spiro atoms. The van der Waals surface area contributed by atoms with E-state index in [0.29, 0.717) is 13.0 Å². The molecule has 2 amide bonds. The van der Waals surface area contributed by atoms with Gasteiger partial charge in [-0.1, -0.05) is 0 Å². The number of sulfone groups is 1. The molecule has 2 heterocycles. The van der Waals surface area contributed by atoms with Gasteiger partial charge >= 0.3 is 6.03 Å². The molecular formula is C13H21N3O4S3. The van der Waals surface area contributed by atoms with Gasteiger partial charge in [0.15, 0.2) is 9.84 Å². The second kappa shape index (κ2) is 8.32. The van der Waals surface area contributed by atoms with Gasteiger partial charge in [0.05, 0.1) is 30.4 Å². The van der Waals surface area contributed by atoms with Gasteiger partial charge in [0.2, 0.25) is 0 Å². The Hall–Kier alpha value is -0.840. The molecule has 0 saturated carbocycles. The van der Waals surface area contributed by atoms with Crippen LogP contribution in [0.5, 0.6) is 0 Å². The third-order valence-corrected chi connectivity index (χ3v) is 6.93. The first-order chi connectivity index (χ1) is 10.9. The number of rotatable bonds is 7. The van der Waals surface area contributed by atoms with Crippen LogP contribution in [-0.4, -0.2) is 66.4 Å². The summed E-state index contributed by atoms with van der Waals surface area (Å²) < 4.78 is 23.2. The summed E-state index contributed by atoms with van der Waals surface area (Å²) in [4.78, 5) is 18.2. The molecule has 2 N–H and O–H groups in total. The van der Waals surface area contributed by atoms with Crippen molar-refractivity contribution in [2.75, 3.05) is 30.9 Å². The molecule has 1 aromatic rings. The minimum Gasteiger partial charge on any atom is -0.395 e. The molecule has 1 atom stereocenters. The second-order valence-electron chi connectivity index (χ2n) is 5.30. The van der Waals surface area contributed by atoms with E-state index in [1.54, 1.807) is 23.1 Å². The van der Waals surface area contributed by atoms with E-state index in [9.17, 15) is 13.2 Å². The predicted molar refractivity (Wildman–Crippen MR) is 92.4 cm³/mol. The fourth-order valence-corrected chi connectivity index (χ4v) is 5.71. The van der Waals surface area contributed by atoms with Crippen molar-refractivity contribution in [2.24, 2.45) is 0 Å². The summed E-state index contributed by atoms with van der Waals surface area (Å²) in [5.74, 6) is 0.904. The average molecular weight is 380 g/mol. The van der Waals surface area contributed by atoms with Crippen molar-refractivity contribution in [1.82, 2.24) is 15.2 Å². The second-order valence-corrected chi connectivity index (χ2v) is 9.34. The van der Waals surface area contributed by atoms with Gasteiger partial charge in [0.1, 0.15) is 5.01 Å². The third-order valence-electron chi connectivity index (χ3n) is 3.54. The van der Waals surface area contributed by atoms with Crippen LogP contribution in [0.4, 0.5) is 4.79 Å². The predicted octanol–water partition coefficient (Wildman–Crippen LogP) is 0.697. The van der Waals surface area contributed by atoms with Crippen molar-refractivity contribution in [2.45, 2.75) is 24.8 Å². The van der Waals surface area contributed by atoms with Crippen molar-refractivity contribution >= 4 is 39.0 Å². The van der Waals surface area contributed by atoms with Gasteiger partial charge < -0.3 is 15.3 Å². The number of hydrogen-bond donors (Lipinski definition) is 2. The number of carbonyl (C=O) groups is 1. The van der Waals surface area contributed by atoms with Crippen molar-refractivity contribution < 1.29 is 18.3 Å². The lowest BCUT2D eigenvalue weighted by atomic mass is 10.2. The van der Waals surface area contributed by atoms with E-state index in [1.165, 1.54) is 4.90 Å². The minimum absolute atomic E-state index is 0.0327. The third kappa shape index (κ3) is 5.33. The summed E-state index contributed by atoms with van der Waals surface area (Å²) in [6.45, 7) is 0.227. The highest BCUT2D eigenvalue weighted by Gasteiger charge is 2.34. The Balaban J connectivity index is 1.92. The molecule has 0 aliphatic carbocycles. The number of hydrogen-bond acceptors (Lipinski definition) is 7. The summed E-state index contributed by atoms with van der Waals surface area (Å²) in [6.07, 6.45) is 2.43. The lowest BCUT2D eigenvalue weighted by molar-refractivity contribution is 0.157. The fraction of sp³-hybridized carbons (Fsp3) is 0.692. The minimum atomic E-state index is -3.08. The first kappa shape index (κ1) is 18.5. The Bertz CT molecular complexity index is 632. The van der Waals surface area contributed by atoms with E-state index in [-0.39, 0.29) is 36.7 Å². The highest BCUT2D eigenvalue weighted by atomic mass is 32.2. The van der Waals surface area contributed by atoms with E-state index in [0.717, 1.165) is 16.5 Å². The molecule has 10 heteroatoms. The number of nitrogens with zero attached hydrogens (tertiary/aromatic N) is 2. The Morgan fingerprint density at radius 2 is 2.39 bits per heavy atom. The maximum atomic E-state index is 12.3. The molecule has 1 fully saturated rings. The van der Waals surface area contributed by atoms with E-state index in [4.69, 9.17) is 5.11 Å². The van der Waals surface area contributed by atoms with Crippen molar-refractivity contribution in [3.63, 3.8) is 0 Å². The number of aromatic nitrogens is 1. The zero-order valence-electron chi connectivity index (χ0n) is 12.9. The average Bonchev–Trinajstić information content (AvgIpc) is 3.09. The van der Waals surface area contributed by atoms with E-state index in [2.05, 4.69) is 10.3 Å².